The molecule has 0 radical (unpaired) electrons. The first-order valence-electron chi connectivity index (χ1n) is 6.24. The maximum atomic E-state index is 4.24. The lowest BCUT2D eigenvalue weighted by Gasteiger charge is -2.10. The average Bonchev–Trinajstić information content (AvgIpc) is 2.49. The molecule has 3 heteroatoms. The Morgan fingerprint density at radius 2 is 1.95 bits per heavy atom. The van der Waals surface area contributed by atoms with E-state index in [1.165, 1.54) is 5.56 Å². The number of allylic oxidation sites excluding steroid dienone is 4. The van der Waals surface area contributed by atoms with Crippen molar-refractivity contribution in [1.29, 1.82) is 0 Å². The minimum atomic E-state index is 0.589. The number of aromatic nitrogens is 2. The third-order valence-corrected chi connectivity index (χ3v) is 4.03. The van der Waals surface area contributed by atoms with Crippen molar-refractivity contribution in [1.82, 2.24) is 10.2 Å². The second kappa shape index (κ2) is 5.65. The molecule has 0 saturated carbocycles. The van der Waals surface area contributed by atoms with Gasteiger partial charge in [-0.2, -0.15) is 10.2 Å². The molecule has 3 rings (SSSR count). The Labute approximate surface area is 126 Å². The molecule has 1 heterocycles. The Morgan fingerprint density at radius 3 is 2.68 bits per heavy atom. The summed E-state index contributed by atoms with van der Waals surface area (Å²) in [5.74, 6) is 0. The summed E-state index contributed by atoms with van der Waals surface area (Å²) in [6.45, 7) is 0. The van der Waals surface area contributed by atoms with Crippen LogP contribution in [0.4, 0.5) is 0 Å². The van der Waals surface area contributed by atoms with E-state index in [2.05, 4.69) is 69.2 Å². The van der Waals surface area contributed by atoms with E-state index in [9.17, 15) is 0 Å². The SMILES string of the molecule is IC1C=CC(c2cc(-c3ccccc3)cnn2)=CC1. The van der Waals surface area contributed by atoms with Gasteiger partial charge in [-0.25, -0.2) is 0 Å². The normalized spacial score (nSPS) is 18.2. The van der Waals surface area contributed by atoms with Crippen molar-refractivity contribution < 1.29 is 0 Å². The first-order valence-corrected chi connectivity index (χ1v) is 7.48. The smallest absolute Gasteiger partial charge is 0.0932 e. The van der Waals surface area contributed by atoms with Gasteiger partial charge in [-0.3, -0.25) is 0 Å². The summed E-state index contributed by atoms with van der Waals surface area (Å²) >= 11 is 2.43. The Bertz CT molecular complexity index is 632. The lowest BCUT2D eigenvalue weighted by molar-refractivity contribution is 1.01. The average molecular weight is 360 g/mol. The van der Waals surface area contributed by atoms with Gasteiger partial charge in [0.1, 0.15) is 0 Å². The fourth-order valence-corrected chi connectivity index (χ4v) is 2.54. The summed E-state index contributed by atoms with van der Waals surface area (Å²) in [5.41, 5.74) is 4.39. The molecule has 0 aliphatic heterocycles. The highest BCUT2D eigenvalue weighted by Gasteiger charge is 2.09. The van der Waals surface area contributed by atoms with Crippen molar-refractivity contribution in [3.8, 4) is 11.1 Å². The van der Waals surface area contributed by atoms with Crippen molar-refractivity contribution >= 4 is 28.2 Å². The minimum Gasteiger partial charge on any atom is -0.158 e. The quantitative estimate of drug-likeness (QED) is 0.590. The molecular formula is C16H13IN2. The lowest BCUT2D eigenvalue weighted by Crippen LogP contribution is -1.99. The molecule has 2 nitrogen and oxygen atoms in total. The zero-order valence-corrected chi connectivity index (χ0v) is 12.5. The molecule has 1 aromatic carbocycles. The van der Waals surface area contributed by atoms with Gasteiger partial charge in [-0.1, -0.05) is 71.2 Å². The molecule has 0 spiro atoms. The fraction of sp³-hybridized carbons (Fsp3) is 0.125. The van der Waals surface area contributed by atoms with Gasteiger partial charge in [0.15, 0.2) is 0 Å². The van der Waals surface area contributed by atoms with Gasteiger partial charge in [-0.05, 0) is 23.6 Å². The largest absolute Gasteiger partial charge is 0.158 e. The first-order chi connectivity index (χ1) is 9.33. The molecule has 1 atom stereocenters. The van der Waals surface area contributed by atoms with Crippen LogP contribution >= 0.6 is 22.6 Å². The van der Waals surface area contributed by atoms with Crippen LogP contribution in [-0.2, 0) is 0 Å². The molecule has 1 aliphatic carbocycles. The van der Waals surface area contributed by atoms with E-state index in [0.717, 1.165) is 23.3 Å². The van der Waals surface area contributed by atoms with Crippen LogP contribution in [0, 0.1) is 0 Å². The number of benzene rings is 1. The van der Waals surface area contributed by atoms with Gasteiger partial charge in [0, 0.05) is 9.49 Å². The Morgan fingerprint density at radius 1 is 1.11 bits per heavy atom. The van der Waals surface area contributed by atoms with Crippen LogP contribution in [0.25, 0.3) is 16.7 Å². The van der Waals surface area contributed by atoms with Crippen LogP contribution in [0.15, 0.2) is 60.8 Å². The highest BCUT2D eigenvalue weighted by atomic mass is 127. The van der Waals surface area contributed by atoms with E-state index in [0.29, 0.717) is 3.92 Å². The summed E-state index contributed by atoms with van der Waals surface area (Å²) in [5, 5.41) is 8.37. The van der Waals surface area contributed by atoms with E-state index in [4.69, 9.17) is 0 Å². The maximum absolute atomic E-state index is 4.24. The van der Waals surface area contributed by atoms with E-state index in [-0.39, 0.29) is 0 Å². The van der Waals surface area contributed by atoms with Crippen LogP contribution in [0.1, 0.15) is 12.1 Å². The Kier molecular flexibility index (Phi) is 3.73. The highest BCUT2D eigenvalue weighted by molar-refractivity contribution is 14.1. The number of hydrogen-bond acceptors (Lipinski definition) is 2. The van der Waals surface area contributed by atoms with Gasteiger partial charge in [-0.15, -0.1) is 0 Å². The number of halogens is 1. The Balaban J connectivity index is 1.95. The summed E-state index contributed by atoms with van der Waals surface area (Å²) in [7, 11) is 0. The van der Waals surface area contributed by atoms with Gasteiger partial charge >= 0.3 is 0 Å². The molecular weight excluding hydrogens is 347 g/mol. The zero-order chi connectivity index (χ0) is 13.1. The molecule has 94 valence electrons. The second-order valence-corrected chi connectivity index (χ2v) is 6.07. The molecule has 1 unspecified atom stereocenters. The van der Waals surface area contributed by atoms with Crippen LogP contribution < -0.4 is 0 Å². The summed E-state index contributed by atoms with van der Waals surface area (Å²) in [4.78, 5) is 0. The number of hydrogen-bond donors (Lipinski definition) is 0. The summed E-state index contributed by atoms with van der Waals surface area (Å²) in [6, 6.07) is 12.4. The molecule has 0 bridgehead atoms. The molecule has 0 fully saturated rings. The van der Waals surface area contributed by atoms with Gasteiger partial charge < -0.3 is 0 Å². The van der Waals surface area contributed by atoms with E-state index >= 15 is 0 Å². The molecule has 0 amide bonds. The summed E-state index contributed by atoms with van der Waals surface area (Å²) < 4.78 is 0.589. The van der Waals surface area contributed by atoms with Crippen molar-refractivity contribution in [2.24, 2.45) is 0 Å². The molecule has 1 aliphatic rings. The monoisotopic (exact) mass is 360 g/mol. The van der Waals surface area contributed by atoms with Gasteiger partial charge in [0.05, 0.1) is 11.9 Å². The lowest BCUT2D eigenvalue weighted by atomic mass is 10.0. The van der Waals surface area contributed by atoms with E-state index < -0.39 is 0 Å². The van der Waals surface area contributed by atoms with Crippen molar-refractivity contribution in [3.05, 3.63) is 66.5 Å². The van der Waals surface area contributed by atoms with Crippen LogP contribution in [0.3, 0.4) is 0 Å². The minimum absolute atomic E-state index is 0.589. The van der Waals surface area contributed by atoms with Crippen molar-refractivity contribution in [2.75, 3.05) is 0 Å². The van der Waals surface area contributed by atoms with Crippen molar-refractivity contribution in [3.63, 3.8) is 0 Å². The zero-order valence-electron chi connectivity index (χ0n) is 10.3. The topological polar surface area (TPSA) is 25.8 Å². The third-order valence-electron chi connectivity index (χ3n) is 3.10. The maximum Gasteiger partial charge on any atom is 0.0932 e. The van der Waals surface area contributed by atoms with Crippen molar-refractivity contribution in [2.45, 2.75) is 10.3 Å². The fourth-order valence-electron chi connectivity index (χ4n) is 2.08. The van der Waals surface area contributed by atoms with E-state index in [1.807, 2.05) is 24.4 Å². The van der Waals surface area contributed by atoms with Gasteiger partial charge in [0.25, 0.3) is 0 Å². The Hall–Kier alpha value is -1.49. The number of rotatable bonds is 2. The predicted molar refractivity (Wildman–Crippen MR) is 87.0 cm³/mol. The highest BCUT2D eigenvalue weighted by Crippen LogP contribution is 2.26. The molecule has 0 N–H and O–H groups in total. The molecule has 0 saturated heterocycles. The first kappa shape index (κ1) is 12.5. The van der Waals surface area contributed by atoms with Crippen LogP contribution in [0.2, 0.25) is 0 Å². The molecule has 19 heavy (non-hydrogen) atoms. The van der Waals surface area contributed by atoms with Crippen LogP contribution in [0.5, 0.6) is 0 Å². The second-order valence-electron chi connectivity index (χ2n) is 4.47. The predicted octanol–water partition coefficient (Wildman–Crippen LogP) is 4.29. The van der Waals surface area contributed by atoms with Crippen LogP contribution in [-0.4, -0.2) is 14.1 Å². The molecule has 2 aromatic rings. The van der Waals surface area contributed by atoms with E-state index in [1.54, 1.807) is 0 Å². The standard InChI is InChI=1S/C16H13IN2/c17-15-8-6-13(7-9-15)16-10-14(11-18-19-16)12-4-2-1-3-5-12/h1-8,10-11,15H,9H2. The molecule has 1 aromatic heterocycles. The number of nitrogens with zero attached hydrogens (tertiary/aromatic N) is 2. The number of alkyl halides is 1. The third kappa shape index (κ3) is 2.92. The summed E-state index contributed by atoms with van der Waals surface area (Å²) in [6.07, 6.45) is 9.46. The van der Waals surface area contributed by atoms with Gasteiger partial charge in [0.2, 0.25) is 0 Å².